The van der Waals surface area contributed by atoms with E-state index in [1.807, 2.05) is 0 Å². The molecule has 4 fully saturated rings. The average molecular weight is 421 g/mol. The Labute approximate surface area is 184 Å². The van der Waals surface area contributed by atoms with Gasteiger partial charge in [-0.2, -0.15) is 0 Å². The quantitative estimate of drug-likeness (QED) is 0.427. The zero-order chi connectivity index (χ0) is 22.2. The Morgan fingerprint density at radius 1 is 1.00 bits per heavy atom. The van der Waals surface area contributed by atoms with Gasteiger partial charge in [-0.1, -0.05) is 41.5 Å². The van der Waals surface area contributed by atoms with Crippen molar-refractivity contribution in [2.24, 2.45) is 33.5 Å². The van der Waals surface area contributed by atoms with Gasteiger partial charge in [0.05, 0.1) is 26.8 Å². The highest BCUT2D eigenvalue weighted by atomic mass is 16.5. The number of esters is 1. The number of rotatable bonds is 7. The number of likely N-dealkylation sites (N-methyl/N-ethyl adjacent to an activating group) is 1. The molecule has 30 heavy (non-hydrogen) atoms. The summed E-state index contributed by atoms with van der Waals surface area (Å²) < 4.78 is 13.1. The second-order valence-electron chi connectivity index (χ2n) is 13.4. The normalized spacial score (nSPS) is 43.3. The number of quaternary nitrogens is 1. The van der Waals surface area contributed by atoms with Crippen molar-refractivity contribution in [3.8, 4) is 0 Å². The molecule has 0 saturated heterocycles. The topological polar surface area (TPSA) is 35.5 Å². The maximum absolute atomic E-state index is 12.8. The number of ether oxygens (including phenoxy) is 2. The predicted molar refractivity (Wildman–Crippen MR) is 120 cm³/mol. The van der Waals surface area contributed by atoms with Gasteiger partial charge in [-0.15, -0.1) is 0 Å². The first-order valence-electron chi connectivity index (χ1n) is 12.4. The number of hydrogen-bond acceptors (Lipinski definition) is 3. The Bertz CT molecular complexity index is 696. The number of hydrogen-bond donors (Lipinski definition) is 0. The van der Waals surface area contributed by atoms with Gasteiger partial charge >= 0.3 is 5.97 Å². The highest BCUT2D eigenvalue weighted by Gasteiger charge is 2.63. The Morgan fingerprint density at radius 3 is 2.20 bits per heavy atom. The number of carbonyl (C=O) groups excluding carboxylic acids is 1. The van der Waals surface area contributed by atoms with Crippen molar-refractivity contribution in [2.75, 3.05) is 33.8 Å². The van der Waals surface area contributed by atoms with Crippen molar-refractivity contribution in [1.29, 1.82) is 0 Å². The van der Waals surface area contributed by atoms with Crippen LogP contribution in [0.15, 0.2) is 0 Å². The molecule has 4 saturated carbocycles. The van der Waals surface area contributed by atoms with Gasteiger partial charge in [0, 0.05) is 5.92 Å². The van der Waals surface area contributed by atoms with Crippen LogP contribution in [0, 0.1) is 33.5 Å². The van der Waals surface area contributed by atoms with Crippen molar-refractivity contribution < 1.29 is 18.8 Å². The summed E-state index contributed by atoms with van der Waals surface area (Å²) in [6, 6.07) is 0. The zero-order valence-corrected chi connectivity index (χ0v) is 20.8. The second kappa shape index (κ2) is 6.94. The lowest BCUT2D eigenvalue weighted by molar-refractivity contribution is -0.883. The van der Waals surface area contributed by atoms with Crippen LogP contribution in [0.5, 0.6) is 0 Å². The molecule has 0 unspecified atom stereocenters. The third-order valence-corrected chi connectivity index (χ3v) is 11.2. The van der Waals surface area contributed by atoms with E-state index in [0.29, 0.717) is 39.3 Å². The molecular formula is C26H46NO3+. The summed E-state index contributed by atoms with van der Waals surface area (Å²) in [5.41, 5.74) is 1.29. The van der Waals surface area contributed by atoms with Crippen LogP contribution in [-0.2, 0) is 14.3 Å². The lowest BCUT2D eigenvalue weighted by atomic mass is 9.70. The lowest BCUT2D eigenvalue weighted by Crippen LogP contribution is -2.48. The Balaban J connectivity index is 1.25. The number of nitrogens with zero attached hydrogens (tertiary/aromatic N) is 1. The molecule has 4 aliphatic carbocycles. The summed E-state index contributed by atoms with van der Waals surface area (Å²) in [4.78, 5) is 12.8. The molecule has 4 bridgehead atoms. The van der Waals surface area contributed by atoms with E-state index in [0.717, 1.165) is 25.5 Å². The van der Waals surface area contributed by atoms with Gasteiger partial charge in [-0.05, 0) is 66.1 Å². The van der Waals surface area contributed by atoms with Gasteiger partial charge in [0.15, 0.2) is 6.54 Å². The minimum atomic E-state index is -0.0371. The van der Waals surface area contributed by atoms with Crippen LogP contribution < -0.4 is 0 Å². The molecule has 0 spiro atoms. The van der Waals surface area contributed by atoms with Gasteiger partial charge in [0.1, 0.15) is 12.6 Å². The fraction of sp³-hybridized carbons (Fsp3) is 0.962. The highest BCUT2D eigenvalue weighted by molar-refractivity contribution is 5.71. The fourth-order valence-corrected chi connectivity index (χ4v) is 7.79. The average Bonchev–Trinajstić information content (AvgIpc) is 3.11. The lowest BCUT2D eigenvalue weighted by Gasteiger charge is -2.39. The fourth-order valence-electron chi connectivity index (χ4n) is 7.79. The summed E-state index contributed by atoms with van der Waals surface area (Å²) in [7, 11) is 4.26. The maximum Gasteiger partial charge on any atom is 0.362 e. The van der Waals surface area contributed by atoms with Crippen LogP contribution in [0.4, 0.5) is 0 Å². The molecule has 0 radical (unpaired) electrons. The van der Waals surface area contributed by atoms with E-state index in [2.05, 4.69) is 55.6 Å². The third-order valence-electron chi connectivity index (χ3n) is 11.2. The van der Waals surface area contributed by atoms with E-state index in [-0.39, 0.29) is 17.5 Å². The molecule has 6 atom stereocenters. The molecule has 0 aromatic carbocycles. The molecule has 0 amide bonds. The molecule has 0 N–H and O–H groups in total. The molecule has 4 aliphatic rings. The molecule has 172 valence electrons. The first-order valence-corrected chi connectivity index (χ1v) is 12.4. The van der Waals surface area contributed by atoms with Crippen LogP contribution in [-0.4, -0.2) is 56.5 Å². The molecule has 4 rings (SSSR count). The molecule has 4 nitrogen and oxygen atoms in total. The van der Waals surface area contributed by atoms with Gasteiger partial charge in [-0.25, -0.2) is 4.79 Å². The van der Waals surface area contributed by atoms with E-state index in [4.69, 9.17) is 9.47 Å². The largest absolute Gasteiger partial charge is 0.458 e. The molecule has 4 heteroatoms. The van der Waals surface area contributed by atoms with Crippen molar-refractivity contribution in [3.05, 3.63) is 0 Å². The first-order chi connectivity index (χ1) is 13.7. The Kier molecular flexibility index (Phi) is 5.22. The van der Waals surface area contributed by atoms with Crippen LogP contribution in [0.2, 0.25) is 0 Å². The summed E-state index contributed by atoms with van der Waals surface area (Å²) >= 11 is 0. The van der Waals surface area contributed by atoms with Gasteiger partial charge in [0.2, 0.25) is 0 Å². The Hall–Kier alpha value is -0.610. The summed E-state index contributed by atoms with van der Waals surface area (Å²) in [6.45, 7) is 16.4. The summed E-state index contributed by atoms with van der Waals surface area (Å²) in [6.07, 6.45) is 7.84. The third kappa shape index (κ3) is 3.27. The van der Waals surface area contributed by atoms with Crippen molar-refractivity contribution >= 4 is 5.97 Å². The van der Waals surface area contributed by atoms with Crippen LogP contribution >= 0.6 is 0 Å². The predicted octanol–water partition coefficient (Wildman–Crippen LogP) is 5.05. The van der Waals surface area contributed by atoms with E-state index >= 15 is 0 Å². The maximum atomic E-state index is 12.8. The molecule has 0 aromatic rings. The SMILES string of the molecule is CC1(C)[C@H]2CC[C@]1(C)C[C@H]2OC(=O)C[N+](C)(C)CCO[C@H]1C[C@H]2CC[C@@]1(C)C2(C)C. The number of carbonyl (C=O) groups is 1. The smallest absolute Gasteiger partial charge is 0.362 e. The van der Waals surface area contributed by atoms with E-state index in [9.17, 15) is 4.79 Å². The minimum absolute atomic E-state index is 0.0371. The number of fused-ring (bicyclic) bond motifs is 4. The van der Waals surface area contributed by atoms with E-state index in [1.54, 1.807) is 0 Å². The van der Waals surface area contributed by atoms with E-state index < -0.39 is 0 Å². The monoisotopic (exact) mass is 420 g/mol. The van der Waals surface area contributed by atoms with Crippen LogP contribution in [0.3, 0.4) is 0 Å². The molecule has 0 aliphatic heterocycles. The van der Waals surface area contributed by atoms with E-state index in [1.165, 1.54) is 32.1 Å². The van der Waals surface area contributed by atoms with Gasteiger partial charge in [-0.3, -0.25) is 0 Å². The summed E-state index contributed by atoms with van der Waals surface area (Å²) in [5.74, 6) is 1.29. The second-order valence-corrected chi connectivity index (χ2v) is 13.4. The van der Waals surface area contributed by atoms with Crippen molar-refractivity contribution in [3.63, 3.8) is 0 Å². The van der Waals surface area contributed by atoms with Gasteiger partial charge in [0.25, 0.3) is 0 Å². The highest BCUT2D eigenvalue weighted by Crippen LogP contribution is 2.67. The summed E-state index contributed by atoms with van der Waals surface area (Å²) in [5, 5.41) is 0. The van der Waals surface area contributed by atoms with Crippen molar-refractivity contribution in [1.82, 2.24) is 0 Å². The molecule has 0 heterocycles. The zero-order valence-electron chi connectivity index (χ0n) is 20.8. The minimum Gasteiger partial charge on any atom is -0.458 e. The molecule has 0 aromatic heterocycles. The molecular weight excluding hydrogens is 374 g/mol. The first kappa shape index (κ1) is 22.6. The van der Waals surface area contributed by atoms with Crippen LogP contribution in [0.1, 0.15) is 80.1 Å². The standard InChI is InChI=1S/C26H46NO3/c1-23(2)18-9-12-26(23,6)21(15-18)29-14-13-27(7,8)17-22(28)30-20-16-25(5)11-10-19(20)24(25,3)4/h18-21H,9-17H2,1-8H3/q+1/t18-,19+,20-,21+,25-,26-/m1/s1. The van der Waals surface area contributed by atoms with Gasteiger partial charge < -0.3 is 14.0 Å². The van der Waals surface area contributed by atoms with Crippen LogP contribution in [0.25, 0.3) is 0 Å². The Morgan fingerprint density at radius 2 is 1.70 bits per heavy atom. The van der Waals surface area contributed by atoms with Crippen molar-refractivity contribution in [2.45, 2.75) is 92.3 Å².